The van der Waals surface area contributed by atoms with Gasteiger partial charge < -0.3 is 15.8 Å². The first-order valence-corrected chi connectivity index (χ1v) is 4.87. The third-order valence-electron chi connectivity index (χ3n) is 2.15. The van der Waals surface area contributed by atoms with E-state index in [-0.39, 0.29) is 11.7 Å². The van der Waals surface area contributed by atoms with Crippen LogP contribution in [0.4, 0.5) is 11.4 Å². The van der Waals surface area contributed by atoms with Crippen LogP contribution in [0.3, 0.4) is 0 Å². The highest BCUT2D eigenvalue weighted by molar-refractivity contribution is 5.61. The molecule has 1 rings (SSSR count). The second kappa shape index (κ2) is 5.32. The third kappa shape index (κ3) is 2.83. The van der Waals surface area contributed by atoms with Gasteiger partial charge >= 0.3 is 0 Å². The number of nitrogens with two attached hydrogens (primary N) is 1. The molecule has 0 saturated heterocycles. The van der Waals surface area contributed by atoms with Crippen molar-refractivity contribution >= 4 is 11.4 Å². The Balaban J connectivity index is 3.02. The fourth-order valence-corrected chi connectivity index (χ4v) is 1.25. The first kappa shape index (κ1) is 12.3. The Morgan fingerprint density at radius 1 is 1.62 bits per heavy atom. The van der Waals surface area contributed by atoms with E-state index in [4.69, 9.17) is 10.5 Å². The number of methoxy groups -OCH3 is 1. The molecule has 0 aliphatic rings. The number of benzene rings is 1. The Morgan fingerprint density at radius 2 is 2.31 bits per heavy atom. The Labute approximate surface area is 93.5 Å². The predicted molar refractivity (Wildman–Crippen MR) is 61.8 cm³/mol. The number of anilines is 1. The number of rotatable bonds is 5. The molecule has 1 atom stereocenters. The van der Waals surface area contributed by atoms with Crippen molar-refractivity contribution < 1.29 is 9.66 Å². The Bertz CT molecular complexity index is 382. The molecule has 3 N–H and O–H groups in total. The van der Waals surface area contributed by atoms with Gasteiger partial charge in [-0.05, 0) is 13.0 Å². The standard InChI is InChI=1S/C10H15N3O3/c1-7(6-11)12-9-5-8(13(14)15)3-4-10(9)16-2/h3-5,7,12H,6,11H2,1-2H3. The van der Waals surface area contributed by atoms with Crippen LogP contribution in [-0.2, 0) is 0 Å². The monoisotopic (exact) mass is 225 g/mol. The molecular formula is C10H15N3O3. The van der Waals surface area contributed by atoms with Gasteiger partial charge in [0.05, 0.1) is 17.7 Å². The van der Waals surface area contributed by atoms with Gasteiger partial charge in [0.1, 0.15) is 5.75 Å². The Morgan fingerprint density at radius 3 is 2.81 bits per heavy atom. The molecule has 0 spiro atoms. The van der Waals surface area contributed by atoms with E-state index >= 15 is 0 Å². The molecule has 0 bridgehead atoms. The molecule has 88 valence electrons. The van der Waals surface area contributed by atoms with Gasteiger partial charge in [0.25, 0.3) is 5.69 Å². The predicted octanol–water partition coefficient (Wildman–Crippen LogP) is 1.36. The van der Waals surface area contributed by atoms with Crippen molar-refractivity contribution in [2.75, 3.05) is 19.0 Å². The van der Waals surface area contributed by atoms with Crippen molar-refractivity contribution in [3.8, 4) is 5.75 Å². The first-order chi connectivity index (χ1) is 7.58. The lowest BCUT2D eigenvalue weighted by molar-refractivity contribution is -0.384. The summed E-state index contributed by atoms with van der Waals surface area (Å²) in [5.41, 5.74) is 6.07. The molecule has 16 heavy (non-hydrogen) atoms. The molecule has 0 aliphatic heterocycles. The molecule has 1 unspecified atom stereocenters. The van der Waals surface area contributed by atoms with Gasteiger partial charge in [0.2, 0.25) is 0 Å². The summed E-state index contributed by atoms with van der Waals surface area (Å²) in [6, 6.07) is 4.42. The van der Waals surface area contributed by atoms with Crippen molar-refractivity contribution in [1.29, 1.82) is 0 Å². The van der Waals surface area contributed by atoms with Gasteiger partial charge in [0.15, 0.2) is 0 Å². The van der Waals surface area contributed by atoms with Crippen LogP contribution in [0.1, 0.15) is 6.92 Å². The molecular weight excluding hydrogens is 210 g/mol. The minimum Gasteiger partial charge on any atom is -0.495 e. The number of non-ortho nitro benzene ring substituents is 1. The van der Waals surface area contributed by atoms with Crippen LogP contribution in [0.15, 0.2) is 18.2 Å². The zero-order valence-electron chi connectivity index (χ0n) is 9.27. The highest BCUT2D eigenvalue weighted by atomic mass is 16.6. The number of nitro groups is 1. The highest BCUT2D eigenvalue weighted by Crippen LogP contribution is 2.29. The van der Waals surface area contributed by atoms with E-state index in [1.165, 1.54) is 19.2 Å². The molecule has 0 aliphatic carbocycles. The van der Waals surface area contributed by atoms with Crippen molar-refractivity contribution in [1.82, 2.24) is 0 Å². The van der Waals surface area contributed by atoms with E-state index in [0.29, 0.717) is 18.0 Å². The molecule has 1 aromatic carbocycles. The average molecular weight is 225 g/mol. The minimum atomic E-state index is -0.447. The first-order valence-electron chi connectivity index (χ1n) is 4.87. The van der Waals surface area contributed by atoms with E-state index in [2.05, 4.69) is 5.32 Å². The highest BCUT2D eigenvalue weighted by Gasteiger charge is 2.12. The van der Waals surface area contributed by atoms with E-state index in [9.17, 15) is 10.1 Å². The van der Waals surface area contributed by atoms with Crippen LogP contribution in [0, 0.1) is 10.1 Å². The fourth-order valence-electron chi connectivity index (χ4n) is 1.25. The van der Waals surface area contributed by atoms with Crippen LogP contribution in [0.2, 0.25) is 0 Å². The largest absolute Gasteiger partial charge is 0.495 e. The van der Waals surface area contributed by atoms with E-state index in [0.717, 1.165) is 0 Å². The molecule has 0 fully saturated rings. The van der Waals surface area contributed by atoms with Gasteiger partial charge in [-0.3, -0.25) is 10.1 Å². The van der Waals surface area contributed by atoms with Gasteiger partial charge in [0, 0.05) is 24.7 Å². The van der Waals surface area contributed by atoms with Crippen molar-refractivity contribution in [2.24, 2.45) is 5.73 Å². The zero-order chi connectivity index (χ0) is 12.1. The maximum atomic E-state index is 10.6. The second-order valence-corrected chi connectivity index (χ2v) is 3.42. The summed E-state index contributed by atoms with van der Waals surface area (Å²) in [6.07, 6.45) is 0. The Kier molecular flexibility index (Phi) is 4.07. The molecule has 0 saturated carbocycles. The molecule has 6 nitrogen and oxygen atoms in total. The fraction of sp³-hybridized carbons (Fsp3) is 0.400. The summed E-state index contributed by atoms with van der Waals surface area (Å²) >= 11 is 0. The van der Waals surface area contributed by atoms with E-state index < -0.39 is 4.92 Å². The molecule has 0 amide bonds. The zero-order valence-corrected chi connectivity index (χ0v) is 9.27. The van der Waals surface area contributed by atoms with E-state index in [1.54, 1.807) is 6.07 Å². The van der Waals surface area contributed by atoms with Gasteiger partial charge in [-0.2, -0.15) is 0 Å². The maximum absolute atomic E-state index is 10.6. The van der Waals surface area contributed by atoms with Gasteiger partial charge in [-0.15, -0.1) is 0 Å². The molecule has 1 aromatic rings. The maximum Gasteiger partial charge on any atom is 0.271 e. The van der Waals surface area contributed by atoms with Crippen LogP contribution in [0.25, 0.3) is 0 Å². The number of nitro benzene ring substituents is 1. The summed E-state index contributed by atoms with van der Waals surface area (Å²) in [5, 5.41) is 13.7. The lowest BCUT2D eigenvalue weighted by atomic mass is 10.2. The number of ether oxygens (including phenoxy) is 1. The average Bonchev–Trinajstić information content (AvgIpc) is 2.28. The topological polar surface area (TPSA) is 90.4 Å². The summed E-state index contributed by atoms with van der Waals surface area (Å²) in [7, 11) is 1.51. The quantitative estimate of drug-likeness (QED) is 0.583. The second-order valence-electron chi connectivity index (χ2n) is 3.42. The van der Waals surface area contributed by atoms with Crippen LogP contribution in [0.5, 0.6) is 5.75 Å². The molecule has 6 heteroatoms. The number of hydrogen-bond acceptors (Lipinski definition) is 5. The minimum absolute atomic E-state index is 0.0209. The number of nitrogens with zero attached hydrogens (tertiary/aromatic N) is 1. The summed E-state index contributed by atoms with van der Waals surface area (Å²) < 4.78 is 5.10. The normalized spacial score (nSPS) is 11.9. The molecule has 0 heterocycles. The molecule has 0 radical (unpaired) electrons. The third-order valence-corrected chi connectivity index (χ3v) is 2.15. The summed E-state index contributed by atoms with van der Waals surface area (Å²) in [6.45, 7) is 2.32. The molecule has 0 aromatic heterocycles. The Hall–Kier alpha value is -1.82. The number of nitrogens with one attached hydrogen (secondary N) is 1. The van der Waals surface area contributed by atoms with E-state index in [1.807, 2.05) is 6.92 Å². The van der Waals surface area contributed by atoms with Crippen LogP contribution >= 0.6 is 0 Å². The number of hydrogen-bond donors (Lipinski definition) is 2. The smallest absolute Gasteiger partial charge is 0.271 e. The van der Waals surface area contributed by atoms with Gasteiger partial charge in [-0.1, -0.05) is 0 Å². The van der Waals surface area contributed by atoms with Gasteiger partial charge in [-0.25, -0.2) is 0 Å². The lowest BCUT2D eigenvalue weighted by Crippen LogP contribution is -2.25. The van der Waals surface area contributed by atoms with Crippen LogP contribution < -0.4 is 15.8 Å². The van der Waals surface area contributed by atoms with Crippen molar-refractivity contribution in [2.45, 2.75) is 13.0 Å². The van der Waals surface area contributed by atoms with Crippen molar-refractivity contribution in [3.05, 3.63) is 28.3 Å². The van der Waals surface area contributed by atoms with Crippen molar-refractivity contribution in [3.63, 3.8) is 0 Å². The lowest BCUT2D eigenvalue weighted by Gasteiger charge is -2.15. The SMILES string of the molecule is COc1ccc([N+](=O)[O-])cc1NC(C)CN. The summed E-state index contributed by atoms with van der Waals surface area (Å²) in [4.78, 5) is 10.2. The summed E-state index contributed by atoms with van der Waals surface area (Å²) in [5.74, 6) is 0.561. The van der Waals surface area contributed by atoms with Crippen LogP contribution in [-0.4, -0.2) is 24.6 Å².